The summed E-state index contributed by atoms with van der Waals surface area (Å²) in [6.45, 7) is 1.01. The molecule has 0 unspecified atom stereocenters. The van der Waals surface area contributed by atoms with E-state index in [-0.39, 0.29) is 5.78 Å². The van der Waals surface area contributed by atoms with E-state index in [9.17, 15) is 4.79 Å². The fourth-order valence-corrected chi connectivity index (χ4v) is 1.19. The van der Waals surface area contributed by atoms with Crippen LogP contribution in [0.5, 0.6) is 0 Å². The van der Waals surface area contributed by atoms with Crippen LogP contribution in [0.2, 0.25) is 0 Å². The van der Waals surface area contributed by atoms with E-state index < -0.39 is 0 Å². The van der Waals surface area contributed by atoms with Crippen LogP contribution in [0.1, 0.15) is 16.1 Å². The average molecular weight is 206 g/mol. The number of nitrogens with zero attached hydrogens (tertiary/aromatic N) is 3. The van der Waals surface area contributed by atoms with E-state index in [4.69, 9.17) is 10.2 Å². The van der Waals surface area contributed by atoms with Gasteiger partial charge in [-0.1, -0.05) is 5.21 Å². The summed E-state index contributed by atoms with van der Waals surface area (Å²) >= 11 is 0. The zero-order valence-electron chi connectivity index (χ0n) is 7.96. The van der Waals surface area contributed by atoms with Crippen LogP contribution >= 0.6 is 0 Å². The van der Waals surface area contributed by atoms with Crippen molar-refractivity contribution in [2.75, 3.05) is 6.54 Å². The number of carbonyl (C=O) groups excluding carboxylic acids is 1. The van der Waals surface area contributed by atoms with Crippen molar-refractivity contribution in [1.82, 2.24) is 15.0 Å². The lowest BCUT2D eigenvalue weighted by molar-refractivity contribution is 0.103. The molecule has 2 heterocycles. The largest absolute Gasteiger partial charge is 0.472 e. The number of aromatic nitrogens is 3. The van der Waals surface area contributed by atoms with Crippen LogP contribution in [0.4, 0.5) is 0 Å². The van der Waals surface area contributed by atoms with Crippen molar-refractivity contribution in [3.63, 3.8) is 0 Å². The maximum atomic E-state index is 11.7. The number of ketones is 1. The molecule has 0 fully saturated rings. The molecule has 0 bridgehead atoms. The lowest BCUT2D eigenvalue weighted by atomic mass is 10.2. The first-order valence-corrected chi connectivity index (χ1v) is 4.48. The van der Waals surface area contributed by atoms with Gasteiger partial charge in [0.15, 0.2) is 5.69 Å². The molecule has 2 aromatic heterocycles. The van der Waals surface area contributed by atoms with Gasteiger partial charge in [0.2, 0.25) is 5.78 Å². The van der Waals surface area contributed by atoms with Crippen LogP contribution < -0.4 is 5.73 Å². The Balaban J connectivity index is 2.19. The minimum Gasteiger partial charge on any atom is -0.472 e. The third-order valence-electron chi connectivity index (χ3n) is 1.91. The second-order valence-electron chi connectivity index (χ2n) is 3.00. The molecule has 15 heavy (non-hydrogen) atoms. The van der Waals surface area contributed by atoms with Crippen molar-refractivity contribution >= 4 is 5.78 Å². The van der Waals surface area contributed by atoms with E-state index in [0.29, 0.717) is 24.3 Å². The highest BCUT2D eigenvalue weighted by molar-refractivity contribution is 6.07. The molecular formula is C9H10N4O2. The molecule has 0 radical (unpaired) electrons. The Hall–Kier alpha value is -1.95. The summed E-state index contributed by atoms with van der Waals surface area (Å²) in [6.07, 6.45) is 4.39. The van der Waals surface area contributed by atoms with E-state index in [2.05, 4.69) is 10.3 Å². The summed E-state index contributed by atoms with van der Waals surface area (Å²) in [7, 11) is 0. The lowest BCUT2D eigenvalue weighted by Crippen LogP contribution is -2.10. The Morgan fingerprint density at radius 2 is 2.47 bits per heavy atom. The molecule has 0 aliphatic rings. The van der Waals surface area contributed by atoms with Gasteiger partial charge in [-0.25, -0.2) is 0 Å². The molecule has 6 nitrogen and oxygen atoms in total. The van der Waals surface area contributed by atoms with E-state index in [1.807, 2.05) is 0 Å². The molecule has 6 heteroatoms. The molecule has 0 saturated carbocycles. The second kappa shape index (κ2) is 4.05. The lowest BCUT2D eigenvalue weighted by Gasteiger charge is -1.92. The monoisotopic (exact) mass is 206 g/mol. The average Bonchev–Trinajstić information content (AvgIpc) is 2.87. The molecular weight excluding hydrogens is 196 g/mol. The first-order chi connectivity index (χ1) is 7.31. The molecule has 78 valence electrons. The summed E-state index contributed by atoms with van der Waals surface area (Å²) in [5, 5.41) is 7.53. The number of carbonyl (C=O) groups is 1. The van der Waals surface area contributed by atoms with Gasteiger partial charge in [0.25, 0.3) is 0 Å². The smallest absolute Gasteiger partial charge is 0.218 e. The number of rotatable bonds is 4. The van der Waals surface area contributed by atoms with Crippen LogP contribution in [0.3, 0.4) is 0 Å². The van der Waals surface area contributed by atoms with Gasteiger partial charge in [-0.05, 0) is 6.07 Å². The maximum Gasteiger partial charge on any atom is 0.218 e. The second-order valence-corrected chi connectivity index (χ2v) is 3.00. The predicted octanol–water partition coefficient (Wildman–Crippen LogP) is 0.0608. The predicted molar refractivity (Wildman–Crippen MR) is 51.2 cm³/mol. The van der Waals surface area contributed by atoms with Crippen molar-refractivity contribution in [3.8, 4) is 0 Å². The number of furan rings is 1. The molecule has 2 rings (SSSR count). The number of hydrogen-bond acceptors (Lipinski definition) is 5. The van der Waals surface area contributed by atoms with Crippen LogP contribution in [0.15, 0.2) is 29.2 Å². The molecule has 0 saturated heterocycles. The van der Waals surface area contributed by atoms with Crippen molar-refractivity contribution in [2.24, 2.45) is 5.73 Å². The molecule has 0 aliphatic heterocycles. The summed E-state index contributed by atoms with van der Waals surface area (Å²) < 4.78 is 6.35. The van der Waals surface area contributed by atoms with Gasteiger partial charge in [-0.2, -0.15) is 0 Å². The minimum absolute atomic E-state index is 0.202. The molecule has 0 aliphatic carbocycles. The first-order valence-electron chi connectivity index (χ1n) is 4.48. The standard InChI is InChI=1S/C9H10N4O2/c10-2-3-13-5-8(11-12-13)9(14)7-1-4-15-6-7/h1,4-6H,2-3,10H2. The highest BCUT2D eigenvalue weighted by atomic mass is 16.3. The van der Waals surface area contributed by atoms with Crippen molar-refractivity contribution in [3.05, 3.63) is 36.0 Å². The third kappa shape index (κ3) is 1.94. The first kappa shape index (κ1) is 9.60. The molecule has 0 amide bonds. The zero-order chi connectivity index (χ0) is 10.7. The van der Waals surface area contributed by atoms with Crippen LogP contribution in [-0.2, 0) is 6.54 Å². The van der Waals surface area contributed by atoms with E-state index in [1.165, 1.54) is 17.2 Å². The zero-order valence-corrected chi connectivity index (χ0v) is 7.96. The van der Waals surface area contributed by atoms with Crippen LogP contribution in [0.25, 0.3) is 0 Å². The Morgan fingerprint density at radius 1 is 1.60 bits per heavy atom. The van der Waals surface area contributed by atoms with Gasteiger partial charge in [0.05, 0.1) is 24.6 Å². The minimum atomic E-state index is -0.202. The quantitative estimate of drug-likeness (QED) is 0.715. The van der Waals surface area contributed by atoms with Gasteiger partial charge < -0.3 is 10.2 Å². The summed E-state index contributed by atoms with van der Waals surface area (Å²) in [5.41, 5.74) is 6.12. The van der Waals surface area contributed by atoms with Gasteiger partial charge >= 0.3 is 0 Å². The Bertz CT molecular complexity index is 446. The Kier molecular flexibility index (Phi) is 2.59. The Labute approximate surface area is 85.7 Å². The maximum absolute atomic E-state index is 11.7. The van der Waals surface area contributed by atoms with E-state index in [0.717, 1.165) is 0 Å². The van der Waals surface area contributed by atoms with Gasteiger partial charge in [-0.15, -0.1) is 5.10 Å². The van der Waals surface area contributed by atoms with Crippen molar-refractivity contribution in [2.45, 2.75) is 6.54 Å². The molecule has 0 aromatic carbocycles. The summed E-state index contributed by atoms with van der Waals surface area (Å²) in [4.78, 5) is 11.7. The van der Waals surface area contributed by atoms with Crippen molar-refractivity contribution in [1.29, 1.82) is 0 Å². The van der Waals surface area contributed by atoms with Gasteiger partial charge in [0.1, 0.15) is 6.26 Å². The summed E-state index contributed by atoms with van der Waals surface area (Å²) in [5.74, 6) is -0.202. The van der Waals surface area contributed by atoms with Gasteiger partial charge in [0, 0.05) is 6.54 Å². The molecule has 2 N–H and O–H groups in total. The molecule has 2 aromatic rings. The van der Waals surface area contributed by atoms with Crippen molar-refractivity contribution < 1.29 is 9.21 Å². The van der Waals surface area contributed by atoms with Crippen LogP contribution in [-0.4, -0.2) is 27.3 Å². The molecule has 0 spiro atoms. The number of nitrogens with two attached hydrogens (primary N) is 1. The van der Waals surface area contributed by atoms with E-state index in [1.54, 1.807) is 12.3 Å². The summed E-state index contributed by atoms with van der Waals surface area (Å²) in [6, 6.07) is 1.59. The number of hydrogen-bond donors (Lipinski definition) is 1. The Morgan fingerprint density at radius 3 is 3.13 bits per heavy atom. The SMILES string of the molecule is NCCn1cc(C(=O)c2ccoc2)nn1. The highest BCUT2D eigenvalue weighted by Crippen LogP contribution is 2.07. The third-order valence-corrected chi connectivity index (χ3v) is 1.91. The fourth-order valence-electron chi connectivity index (χ4n) is 1.19. The highest BCUT2D eigenvalue weighted by Gasteiger charge is 2.13. The van der Waals surface area contributed by atoms with Gasteiger partial charge in [-0.3, -0.25) is 9.48 Å². The van der Waals surface area contributed by atoms with Crippen LogP contribution in [0, 0.1) is 0 Å². The molecule has 0 atom stereocenters. The fraction of sp³-hybridized carbons (Fsp3) is 0.222. The topological polar surface area (TPSA) is 86.9 Å². The normalized spacial score (nSPS) is 10.5. The van der Waals surface area contributed by atoms with E-state index >= 15 is 0 Å².